The van der Waals surface area contributed by atoms with Crippen LogP contribution in [0, 0.1) is 0 Å². The molecule has 2 aliphatic heterocycles. The molecule has 2 aromatic carbocycles. The third kappa shape index (κ3) is 1.85. The molecule has 0 saturated carbocycles. The maximum atomic E-state index is 12.7. The van der Waals surface area contributed by atoms with Crippen molar-refractivity contribution in [2.75, 3.05) is 12.4 Å². The Labute approximate surface area is 132 Å². The molecule has 6 heteroatoms. The molecule has 2 heterocycles. The van der Waals surface area contributed by atoms with E-state index in [1.165, 1.54) is 17.0 Å². The Morgan fingerprint density at radius 1 is 1.13 bits per heavy atom. The predicted octanol–water partition coefficient (Wildman–Crippen LogP) is 1.88. The van der Waals surface area contributed by atoms with Gasteiger partial charge >= 0.3 is 0 Å². The minimum absolute atomic E-state index is 0.130. The number of hydrogen-bond acceptors (Lipinski definition) is 4. The lowest BCUT2D eigenvalue weighted by atomic mass is 10.0. The van der Waals surface area contributed by atoms with Gasteiger partial charge in [0.05, 0.1) is 11.3 Å². The van der Waals surface area contributed by atoms with Crippen molar-refractivity contribution in [1.29, 1.82) is 0 Å². The summed E-state index contributed by atoms with van der Waals surface area (Å²) < 4.78 is 5.69. The van der Waals surface area contributed by atoms with Gasteiger partial charge in [-0.05, 0) is 29.8 Å². The van der Waals surface area contributed by atoms with E-state index in [-0.39, 0.29) is 17.6 Å². The largest absolute Gasteiger partial charge is 0.508 e. The highest BCUT2D eigenvalue weighted by molar-refractivity contribution is 6.12. The summed E-state index contributed by atoms with van der Waals surface area (Å²) >= 11 is 0. The number of para-hydroxylation sites is 1. The fourth-order valence-corrected chi connectivity index (χ4v) is 2.99. The lowest BCUT2D eigenvalue weighted by molar-refractivity contribution is -0.125. The van der Waals surface area contributed by atoms with E-state index in [0.717, 1.165) is 5.56 Å². The summed E-state index contributed by atoms with van der Waals surface area (Å²) in [5.74, 6) is -0.526. The summed E-state index contributed by atoms with van der Waals surface area (Å²) in [5.41, 5.74) is 0.280. The van der Waals surface area contributed by atoms with E-state index in [1.807, 2.05) is 0 Å². The van der Waals surface area contributed by atoms with Crippen molar-refractivity contribution in [2.45, 2.75) is 11.8 Å². The van der Waals surface area contributed by atoms with Crippen molar-refractivity contribution in [1.82, 2.24) is 4.90 Å². The van der Waals surface area contributed by atoms with Gasteiger partial charge in [0.25, 0.3) is 17.5 Å². The van der Waals surface area contributed by atoms with Gasteiger partial charge in [0, 0.05) is 7.05 Å². The molecule has 1 spiro atoms. The molecule has 2 amide bonds. The second-order valence-corrected chi connectivity index (χ2v) is 5.65. The molecule has 0 aliphatic carbocycles. The molecule has 23 heavy (non-hydrogen) atoms. The van der Waals surface area contributed by atoms with E-state index in [2.05, 4.69) is 5.32 Å². The minimum atomic E-state index is -1.35. The van der Waals surface area contributed by atoms with Crippen LogP contribution in [-0.2, 0) is 9.53 Å². The molecular formula is C17H14N2O4. The normalized spacial score (nSPS) is 25.8. The SMILES string of the molecule is CN1C(=O)c2ccccc2NC(=O)C12O[C@H]2c1ccc(O)cc1. The average molecular weight is 310 g/mol. The van der Waals surface area contributed by atoms with E-state index in [1.54, 1.807) is 43.4 Å². The minimum Gasteiger partial charge on any atom is -0.508 e. The topological polar surface area (TPSA) is 82.2 Å². The highest BCUT2D eigenvalue weighted by Gasteiger charge is 2.68. The lowest BCUT2D eigenvalue weighted by Gasteiger charge is -2.21. The Kier molecular flexibility index (Phi) is 2.74. The summed E-state index contributed by atoms with van der Waals surface area (Å²) in [6.45, 7) is 0. The van der Waals surface area contributed by atoms with Crippen LogP contribution in [0.25, 0.3) is 0 Å². The summed E-state index contributed by atoms with van der Waals surface area (Å²) in [5, 5.41) is 12.2. The van der Waals surface area contributed by atoms with E-state index in [4.69, 9.17) is 4.74 Å². The van der Waals surface area contributed by atoms with Crippen molar-refractivity contribution in [2.24, 2.45) is 0 Å². The average Bonchev–Trinajstić information content (AvgIpc) is 3.32. The van der Waals surface area contributed by atoms with Gasteiger partial charge in [0.1, 0.15) is 11.9 Å². The second-order valence-electron chi connectivity index (χ2n) is 5.65. The third-order valence-electron chi connectivity index (χ3n) is 4.33. The number of phenolic OH excluding ortho intramolecular Hbond substituents is 1. The fourth-order valence-electron chi connectivity index (χ4n) is 2.99. The summed E-state index contributed by atoms with van der Waals surface area (Å²) in [6.07, 6.45) is -0.564. The first-order valence-electron chi connectivity index (χ1n) is 7.19. The Bertz CT molecular complexity index is 818. The quantitative estimate of drug-likeness (QED) is 0.788. The molecular weight excluding hydrogens is 296 g/mol. The van der Waals surface area contributed by atoms with Gasteiger partial charge in [-0.2, -0.15) is 0 Å². The number of fused-ring (bicyclic) bond motifs is 1. The van der Waals surface area contributed by atoms with Crippen LogP contribution in [0.15, 0.2) is 48.5 Å². The smallest absolute Gasteiger partial charge is 0.281 e. The van der Waals surface area contributed by atoms with Crippen LogP contribution in [0.1, 0.15) is 22.0 Å². The molecule has 6 nitrogen and oxygen atoms in total. The molecule has 2 N–H and O–H groups in total. The molecule has 1 unspecified atom stereocenters. The van der Waals surface area contributed by atoms with Crippen LogP contribution >= 0.6 is 0 Å². The van der Waals surface area contributed by atoms with Crippen LogP contribution in [0.5, 0.6) is 5.75 Å². The zero-order chi connectivity index (χ0) is 16.2. The predicted molar refractivity (Wildman–Crippen MR) is 81.8 cm³/mol. The number of phenols is 1. The van der Waals surface area contributed by atoms with Gasteiger partial charge in [0.15, 0.2) is 0 Å². The zero-order valence-electron chi connectivity index (χ0n) is 12.3. The van der Waals surface area contributed by atoms with Gasteiger partial charge in [0.2, 0.25) is 0 Å². The number of aromatic hydroxyl groups is 1. The van der Waals surface area contributed by atoms with Crippen molar-refractivity contribution >= 4 is 17.5 Å². The van der Waals surface area contributed by atoms with E-state index >= 15 is 0 Å². The van der Waals surface area contributed by atoms with E-state index < -0.39 is 11.8 Å². The number of ether oxygens (including phenoxy) is 1. The maximum Gasteiger partial charge on any atom is 0.281 e. The summed E-state index contributed by atoms with van der Waals surface area (Å²) in [6, 6.07) is 13.3. The molecule has 0 bridgehead atoms. The van der Waals surface area contributed by atoms with Crippen molar-refractivity contribution in [3.05, 3.63) is 59.7 Å². The van der Waals surface area contributed by atoms with Gasteiger partial charge in [-0.15, -0.1) is 0 Å². The number of anilines is 1. The maximum absolute atomic E-state index is 12.7. The highest BCUT2D eigenvalue weighted by atomic mass is 16.6. The summed E-state index contributed by atoms with van der Waals surface area (Å²) in [7, 11) is 1.56. The van der Waals surface area contributed by atoms with Crippen LogP contribution < -0.4 is 5.32 Å². The first-order valence-corrected chi connectivity index (χ1v) is 7.19. The molecule has 2 aliphatic rings. The number of rotatable bonds is 1. The van der Waals surface area contributed by atoms with E-state index in [0.29, 0.717) is 11.3 Å². The molecule has 2 aromatic rings. The number of epoxide rings is 1. The van der Waals surface area contributed by atoms with Crippen LogP contribution in [0.3, 0.4) is 0 Å². The van der Waals surface area contributed by atoms with Crippen LogP contribution in [0.4, 0.5) is 5.69 Å². The number of hydrogen-bond donors (Lipinski definition) is 2. The Morgan fingerprint density at radius 2 is 1.83 bits per heavy atom. The molecule has 4 rings (SSSR count). The van der Waals surface area contributed by atoms with Crippen molar-refractivity contribution < 1.29 is 19.4 Å². The standard InChI is InChI=1S/C17H14N2O4/c1-19-15(21)12-4-2-3-5-13(12)18-16(22)17(19)14(23-17)10-6-8-11(20)9-7-10/h2-9,14,20H,1H3,(H,18,22)/t14-,17?/m0/s1. The van der Waals surface area contributed by atoms with E-state index in [9.17, 15) is 14.7 Å². The monoisotopic (exact) mass is 310 g/mol. The first kappa shape index (κ1) is 13.8. The second kappa shape index (κ2) is 4.57. The zero-order valence-corrected chi connectivity index (χ0v) is 12.3. The molecule has 1 fully saturated rings. The van der Waals surface area contributed by atoms with Crippen LogP contribution in [0.2, 0.25) is 0 Å². The van der Waals surface area contributed by atoms with Gasteiger partial charge in [-0.25, -0.2) is 0 Å². The number of nitrogens with zero attached hydrogens (tertiary/aromatic N) is 1. The Morgan fingerprint density at radius 3 is 2.57 bits per heavy atom. The third-order valence-corrected chi connectivity index (χ3v) is 4.33. The number of likely N-dealkylation sites (N-methyl/N-ethyl adjacent to an activating group) is 1. The molecule has 116 valence electrons. The van der Waals surface area contributed by atoms with Gasteiger partial charge < -0.3 is 20.1 Å². The number of amides is 2. The van der Waals surface area contributed by atoms with Gasteiger partial charge in [-0.3, -0.25) is 9.59 Å². The van der Waals surface area contributed by atoms with Crippen molar-refractivity contribution in [3.63, 3.8) is 0 Å². The number of nitrogens with one attached hydrogen (secondary N) is 1. The van der Waals surface area contributed by atoms with Crippen molar-refractivity contribution in [3.8, 4) is 5.75 Å². The molecule has 0 aromatic heterocycles. The lowest BCUT2D eigenvalue weighted by Crippen LogP contribution is -2.46. The highest BCUT2D eigenvalue weighted by Crippen LogP contribution is 2.53. The number of benzene rings is 2. The summed E-state index contributed by atoms with van der Waals surface area (Å²) in [4.78, 5) is 26.7. The fraction of sp³-hybridized carbons (Fsp3) is 0.176. The van der Waals surface area contributed by atoms with Gasteiger partial charge in [-0.1, -0.05) is 24.3 Å². The number of carbonyl (C=O) groups excluding carboxylic acids is 2. The Hall–Kier alpha value is -2.86. The molecule has 0 radical (unpaired) electrons. The molecule has 2 atom stereocenters. The molecule has 1 saturated heterocycles. The Balaban J connectivity index is 1.75. The first-order chi connectivity index (χ1) is 11.0. The van der Waals surface area contributed by atoms with Crippen LogP contribution in [-0.4, -0.2) is 34.6 Å². The number of carbonyl (C=O) groups is 2.